The molecular weight excluding hydrogens is 458 g/mol. The summed E-state index contributed by atoms with van der Waals surface area (Å²) >= 11 is 0. The topological polar surface area (TPSA) is 96.9 Å². The van der Waals surface area contributed by atoms with E-state index in [0.717, 1.165) is 35.7 Å². The van der Waals surface area contributed by atoms with Gasteiger partial charge in [-0.2, -0.15) is 0 Å². The quantitative estimate of drug-likeness (QED) is 0.548. The molecule has 9 heteroatoms. The SMILES string of the molecule is CCOC(=O)c1ccc(NC(=O)N2CCc3nc(-c4ccccc4)nc(N4CCOCC4)c3C2)cc1. The van der Waals surface area contributed by atoms with Crippen molar-refractivity contribution in [2.45, 2.75) is 19.9 Å². The van der Waals surface area contributed by atoms with Crippen LogP contribution in [0.25, 0.3) is 11.4 Å². The van der Waals surface area contributed by atoms with Crippen molar-refractivity contribution in [1.29, 1.82) is 0 Å². The number of benzene rings is 2. The van der Waals surface area contributed by atoms with Gasteiger partial charge in [-0.3, -0.25) is 0 Å². The highest BCUT2D eigenvalue weighted by Gasteiger charge is 2.28. The van der Waals surface area contributed by atoms with Crippen LogP contribution in [0.1, 0.15) is 28.5 Å². The zero-order valence-electron chi connectivity index (χ0n) is 20.3. The fourth-order valence-corrected chi connectivity index (χ4v) is 4.43. The van der Waals surface area contributed by atoms with Crippen LogP contribution in [0.3, 0.4) is 0 Å². The lowest BCUT2D eigenvalue weighted by Gasteiger charge is -2.34. The fourth-order valence-electron chi connectivity index (χ4n) is 4.43. The third kappa shape index (κ3) is 5.16. The molecular formula is C27H29N5O4. The largest absolute Gasteiger partial charge is 0.462 e. The van der Waals surface area contributed by atoms with E-state index >= 15 is 0 Å². The number of esters is 1. The van der Waals surface area contributed by atoms with Crippen molar-refractivity contribution < 1.29 is 19.1 Å². The van der Waals surface area contributed by atoms with Crippen molar-refractivity contribution >= 4 is 23.5 Å². The van der Waals surface area contributed by atoms with Crippen LogP contribution in [0.4, 0.5) is 16.3 Å². The minimum absolute atomic E-state index is 0.204. The third-order valence-electron chi connectivity index (χ3n) is 6.32. The van der Waals surface area contributed by atoms with Gasteiger partial charge in [0.15, 0.2) is 5.82 Å². The Kier molecular flexibility index (Phi) is 7.08. The molecule has 2 aromatic carbocycles. The lowest BCUT2D eigenvalue weighted by Crippen LogP contribution is -2.42. The van der Waals surface area contributed by atoms with E-state index in [1.54, 1.807) is 36.1 Å². The molecule has 9 nitrogen and oxygen atoms in total. The average molecular weight is 488 g/mol. The van der Waals surface area contributed by atoms with Gasteiger partial charge in [0.2, 0.25) is 0 Å². The minimum atomic E-state index is -0.381. The second kappa shape index (κ2) is 10.7. The number of carbonyl (C=O) groups excluding carboxylic acids is 2. The molecule has 0 radical (unpaired) electrons. The Hall–Kier alpha value is -3.98. The second-order valence-corrected chi connectivity index (χ2v) is 8.66. The molecule has 0 saturated carbocycles. The Morgan fingerprint density at radius 2 is 1.75 bits per heavy atom. The summed E-state index contributed by atoms with van der Waals surface area (Å²) in [5.41, 5.74) is 4.00. The summed E-state index contributed by atoms with van der Waals surface area (Å²) in [6, 6.07) is 16.5. The van der Waals surface area contributed by atoms with Crippen molar-refractivity contribution in [3.05, 3.63) is 71.4 Å². The number of nitrogens with zero attached hydrogens (tertiary/aromatic N) is 4. The molecule has 2 amide bonds. The summed E-state index contributed by atoms with van der Waals surface area (Å²) < 4.78 is 10.6. The number of ether oxygens (including phenoxy) is 2. The van der Waals surface area contributed by atoms with Crippen molar-refractivity contribution in [2.75, 3.05) is 49.7 Å². The number of morpholine rings is 1. The Morgan fingerprint density at radius 3 is 2.47 bits per heavy atom. The number of hydrogen-bond acceptors (Lipinski definition) is 7. The van der Waals surface area contributed by atoms with Crippen LogP contribution in [-0.2, 0) is 22.4 Å². The van der Waals surface area contributed by atoms with Gasteiger partial charge in [-0.25, -0.2) is 19.6 Å². The van der Waals surface area contributed by atoms with E-state index in [1.807, 2.05) is 30.3 Å². The molecule has 1 saturated heterocycles. The van der Waals surface area contributed by atoms with E-state index in [4.69, 9.17) is 19.4 Å². The number of amides is 2. The van der Waals surface area contributed by atoms with Gasteiger partial charge in [0, 0.05) is 42.9 Å². The summed E-state index contributed by atoms with van der Waals surface area (Å²) in [7, 11) is 0. The van der Waals surface area contributed by atoms with E-state index in [1.165, 1.54) is 0 Å². The number of fused-ring (bicyclic) bond motifs is 1. The first kappa shape index (κ1) is 23.7. The first-order chi connectivity index (χ1) is 17.6. The third-order valence-corrected chi connectivity index (χ3v) is 6.32. The predicted molar refractivity (Wildman–Crippen MR) is 136 cm³/mol. The number of aromatic nitrogens is 2. The summed E-state index contributed by atoms with van der Waals surface area (Å²) in [4.78, 5) is 38.8. The number of hydrogen-bond donors (Lipinski definition) is 1. The molecule has 1 N–H and O–H groups in total. The zero-order chi connectivity index (χ0) is 24.9. The van der Waals surface area contributed by atoms with Gasteiger partial charge in [0.25, 0.3) is 0 Å². The molecule has 0 atom stereocenters. The second-order valence-electron chi connectivity index (χ2n) is 8.66. The van der Waals surface area contributed by atoms with E-state index in [-0.39, 0.29) is 12.0 Å². The van der Waals surface area contributed by atoms with Gasteiger partial charge in [-0.05, 0) is 31.2 Å². The molecule has 1 aromatic heterocycles. The van der Waals surface area contributed by atoms with E-state index in [0.29, 0.717) is 56.4 Å². The number of carbonyl (C=O) groups is 2. The highest BCUT2D eigenvalue weighted by Crippen LogP contribution is 2.30. The van der Waals surface area contributed by atoms with Gasteiger partial charge in [0.05, 0.1) is 37.6 Å². The molecule has 0 unspecified atom stereocenters. The van der Waals surface area contributed by atoms with Crippen LogP contribution in [-0.4, -0.2) is 66.3 Å². The first-order valence-electron chi connectivity index (χ1n) is 12.2. The molecule has 0 aliphatic carbocycles. The lowest BCUT2D eigenvalue weighted by molar-refractivity contribution is 0.0526. The van der Waals surface area contributed by atoms with E-state index in [9.17, 15) is 9.59 Å². The maximum Gasteiger partial charge on any atom is 0.338 e. The number of nitrogens with one attached hydrogen (secondary N) is 1. The lowest BCUT2D eigenvalue weighted by atomic mass is 10.0. The zero-order valence-corrected chi connectivity index (χ0v) is 20.3. The van der Waals surface area contributed by atoms with Crippen molar-refractivity contribution in [3.63, 3.8) is 0 Å². The monoisotopic (exact) mass is 487 g/mol. The van der Waals surface area contributed by atoms with Crippen LogP contribution in [0.5, 0.6) is 0 Å². The van der Waals surface area contributed by atoms with Crippen LogP contribution >= 0.6 is 0 Å². The maximum atomic E-state index is 13.1. The first-order valence-corrected chi connectivity index (χ1v) is 12.2. The average Bonchev–Trinajstić information content (AvgIpc) is 2.93. The highest BCUT2D eigenvalue weighted by molar-refractivity contribution is 5.92. The number of urea groups is 1. The van der Waals surface area contributed by atoms with Crippen LogP contribution in [0.2, 0.25) is 0 Å². The summed E-state index contributed by atoms with van der Waals surface area (Å²) in [6.07, 6.45) is 0.643. The molecule has 2 aliphatic heterocycles. The summed E-state index contributed by atoms with van der Waals surface area (Å²) in [5.74, 6) is 1.20. The fraction of sp³-hybridized carbons (Fsp3) is 0.333. The van der Waals surface area contributed by atoms with Gasteiger partial charge in [-0.1, -0.05) is 30.3 Å². The molecule has 1 fully saturated rings. The predicted octanol–water partition coefficient (Wildman–Crippen LogP) is 3.75. The van der Waals surface area contributed by atoms with E-state index in [2.05, 4.69) is 10.2 Å². The Labute approximate surface area is 210 Å². The number of anilines is 2. The van der Waals surface area contributed by atoms with Crippen molar-refractivity contribution in [3.8, 4) is 11.4 Å². The van der Waals surface area contributed by atoms with Crippen molar-refractivity contribution in [2.24, 2.45) is 0 Å². The minimum Gasteiger partial charge on any atom is -0.462 e. The molecule has 5 rings (SSSR count). The molecule has 0 spiro atoms. The van der Waals surface area contributed by atoms with Crippen molar-refractivity contribution in [1.82, 2.24) is 14.9 Å². The van der Waals surface area contributed by atoms with E-state index < -0.39 is 0 Å². The maximum absolute atomic E-state index is 13.1. The van der Waals surface area contributed by atoms with Gasteiger partial charge in [-0.15, -0.1) is 0 Å². The molecule has 2 aliphatic rings. The normalized spacial score (nSPS) is 15.2. The molecule has 36 heavy (non-hydrogen) atoms. The highest BCUT2D eigenvalue weighted by atomic mass is 16.5. The van der Waals surface area contributed by atoms with Gasteiger partial charge in [0.1, 0.15) is 5.82 Å². The summed E-state index contributed by atoms with van der Waals surface area (Å²) in [6.45, 7) is 5.83. The van der Waals surface area contributed by atoms with Crippen LogP contribution in [0.15, 0.2) is 54.6 Å². The number of rotatable bonds is 5. The Balaban J connectivity index is 1.36. The molecule has 0 bridgehead atoms. The van der Waals surface area contributed by atoms with Crippen LogP contribution in [0, 0.1) is 0 Å². The van der Waals surface area contributed by atoms with Crippen LogP contribution < -0.4 is 10.2 Å². The Morgan fingerprint density at radius 1 is 1.00 bits per heavy atom. The molecule has 3 aromatic rings. The summed E-state index contributed by atoms with van der Waals surface area (Å²) in [5, 5.41) is 2.94. The van der Waals surface area contributed by atoms with Gasteiger partial charge >= 0.3 is 12.0 Å². The molecule has 186 valence electrons. The smallest absolute Gasteiger partial charge is 0.338 e. The van der Waals surface area contributed by atoms with Gasteiger partial charge < -0.3 is 24.6 Å². The standard InChI is InChI=1S/C27H29N5O4/c1-2-36-26(33)20-8-10-21(11-9-20)28-27(34)32-13-12-23-22(18-32)25(31-14-16-35-17-15-31)30-24(29-23)19-6-4-3-5-7-19/h3-11H,2,12-18H2,1H3,(H,28,34). The molecule has 3 heterocycles. The Bertz CT molecular complexity index is 1230.